The number of fused-ring (bicyclic) bond motifs is 1. The van der Waals surface area contributed by atoms with E-state index in [1.54, 1.807) is 0 Å². The summed E-state index contributed by atoms with van der Waals surface area (Å²) in [6.07, 6.45) is 0.385. The summed E-state index contributed by atoms with van der Waals surface area (Å²) in [6.45, 7) is 5.79. The molecule has 1 aliphatic rings. The van der Waals surface area contributed by atoms with Crippen molar-refractivity contribution in [2.24, 2.45) is 0 Å². The maximum absolute atomic E-state index is 10.9. The van der Waals surface area contributed by atoms with E-state index in [1.165, 1.54) is 0 Å². The molecular weight excluding hydrogens is 164 g/mol. The maximum atomic E-state index is 10.9. The summed E-state index contributed by atoms with van der Waals surface area (Å²) in [4.78, 5) is 10.9. The summed E-state index contributed by atoms with van der Waals surface area (Å²) < 4.78 is 4.97. The molecule has 0 aromatic heterocycles. The van der Waals surface area contributed by atoms with Gasteiger partial charge in [-0.2, -0.15) is 0 Å². The van der Waals surface area contributed by atoms with Crippen LogP contribution >= 0.6 is 0 Å². The number of esters is 1. The maximum Gasteiger partial charge on any atom is 0.315 e. The van der Waals surface area contributed by atoms with E-state index in [0.29, 0.717) is 12.2 Å². The van der Waals surface area contributed by atoms with Crippen LogP contribution in [0.2, 0.25) is 0 Å². The van der Waals surface area contributed by atoms with Gasteiger partial charge in [-0.15, -0.1) is 0 Å². The Balaban J connectivity index is 2.45. The SMILES string of the molecule is C=C(C)c1ccc2c(c1)CC(=O)O2. The average molecular weight is 174 g/mol. The zero-order chi connectivity index (χ0) is 9.42. The predicted octanol–water partition coefficient (Wildman–Crippen LogP) is 2.18. The van der Waals surface area contributed by atoms with Gasteiger partial charge in [-0.25, -0.2) is 0 Å². The van der Waals surface area contributed by atoms with E-state index < -0.39 is 0 Å². The van der Waals surface area contributed by atoms with E-state index in [2.05, 4.69) is 6.58 Å². The first-order chi connectivity index (χ1) is 6.16. The number of allylic oxidation sites excluding steroid dienone is 1. The zero-order valence-electron chi connectivity index (χ0n) is 7.46. The molecule has 0 N–H and O–H groups in total. The Kier molecular flexibility index (Phi) is 1.69. The molecule has 2 nitrogen and oxygen atoms in total. The minimum atomic E-state index is -0.172. The van der Waals surface area contributed by atoms with Crippen molar-refractivity contribution in [2.75, 3.05) is 0 Å². The van der Waals surface area contributed by atoms with Crippen LogP contribution in [0.4, 0.5) is 0 Å². The molecule has 0 unspecified atom stereocenters. The van der Waals surface area contributed by atoms with Crippen molar-refractivity contribution in [1.29, 1.82) is 0 Å². The topological polar surface area (TPSA) is 26.3 Å². The van der Waals surface area contributed by atoms with E-state index in [-0.39, 0.29) is 5.97 Å². The highest BCUT2D eigenvalue weighted by atomic mass is 16.5. The van der Waals surface area contributed by atoms with Crippen LogP contribution in [0.25, 0.3) is 5.57 Å². The highest BCUT2D eigenvalue weighted by molar-refractivity contribution is 5.81. The number of rotatable bonds is 1. The first-order valence-corrected chi connectivity index (χ1v) is 4.16. The second-order valence-electron chi connectivity index (χ2n) is 3.25. The zero-order valence-corrected chi connectivity index (χ0v) is 7.46. The fraction of sp³-hybridized carbons (Fsp3) is 0.182. The molecule has 0 saturated carbocycles. The highest BCUT2D eigenvalue weighted by Crippen LogP contribution is 2.28. The number of hydrogen-bond donors (Lipinski definition) is 0. The predicted molar refractivity (Wildman–Crippen MR) is 50.5 cm³/mol. The van der Waals surface area contributed by atoms with Gasteiger partial charge >= 0.3 is 5.97 Å². The molecule has 0 bridgehead atoms. The monoisotopic (exact) mass is 174 g/mol. The van der Waals surface area contributed by atoms with Crippen molar-refractivity contribution in [3.8, 4) is 5.75 Å². The van der Waals surface area contributed by atoms with E-state index in [0.717, 1.165) is 16.7 Å². The van der Waals surface area contributed by atoms with E-state index >= 15 is 0 Å². The molecular formula is C11H10O2. The Hall–Kier alpha value is -1.57. The second-order valence-corrected chi connectivity index (χ2v) is 3.25. The summed E-state index contributed by atoms with van der Waals surface area (Å²) >= 11 is 0. The van der Waals surface area contributed by atoms with E-state index in [1.807, 2.05) is 25.1 Å². The smallest absolute Gasteiger partial charge is 0.315 e. The van der Waals surface area contributed by atoms with Crippen LogP contribution < -0.4 is 4.74 Å². The number of carbonyl (C=O) groups is 1. The molecule has 13 heavy (non-hydrogen) atoms. The fourth-order valence-electron chi connectivity index (χ4n) is 1.40. The Morgan fingerprint density at radius 2 is 2.31 bits per heavy atom. The molecule has 0 atom stereocenters. The molecule has 0 spiro atoms. The molecule has 0 amide bonds. The Labute approximate surface area is 76.8 Å². The van der Waals surface area contributed by atoms with Gasteiger partial charge in [0.15, 0.2) is 0 Å². The van der Waals surface area contributed by atoms with Gasteiger partial charge in [-0.1, -0.05) is 18.2 Å². The first kappa shape index (κ1) is 8.05. The summed E-state index contributed by atoms with van der Waals surface area (Å²) in [6, 6.07) is 5.70. The largest absolute Gasteiger partial charge is 0.426 e. The third-order valence-corrected chi connectivity index (χ3v) is 2.11. The highest BCUT2D eigenvalue weighted by Gasteiger charge is 2.19. The van der Waals surface area contributed by atoms with Crippen LogP contribution in [0.3, 0.4) is 0 Å². The molecule has 66 valence electrons. The lowest BCUT2D eigenvalue weighted by Crippen LogP contribution is -2.00. The van der Waals surface area contributed by atoms with Crippen molar-refractivity contribution in [3.63, 3.8) is 0 Å². The van der Waals surface area contributed by atoms with Crippen LogP contribution in [-0.4, -0.2) is 5.97 Å². The van der Waals surface area contributed by atoms with Gasteiger partial charge in [0.25, 0.3) is 0 Å². The fourth-order valence-corrected chi connectivity index (χ4v) is 1.40. The van der Waals surface area contributed by atoms with Gasteiger partial charge in [0, 0.05) is 5.56 Å². The van der Waals surface area contributed by atoms with Crippen LogP contribution in [0, 0.1) is 0 Å². The van der Waals surface area contributed by atoms with Gasteiger partial charge < -0.3 is 4.74 Å². The lowest BCUT2D eigenvalue weighted by atomic mass is 10.0. The number of benzene rings is 1. The number of carbonyl (C=O) groups excluding carboxylic acids is 1. The van der Waals surface area contributed by atoms with Crippen LogP contribution in [0.5, 0.6) is 5.75 Å². The molecule has 0 saturated heterocycles. The van der Waals surface area contributed by atoms with Gasteiger partial charge in [0.1, 0.15) is 5.75 Å². The molecule has 2 heteroatoms. The van der Waals surface area contributed by atoms with Crippen molar-refractivity contribution in [2.45, 2.75) is 13.3 Å². The van der Waals surface area contributed by atoms with Crippen molar-refractivity contribution >= 4 is 11.5 Å². The average Bonchev–Trinajstić information content (AvgIpc) is 2.42. The van der Waals surface area contributed by atoms with Crippen molar-refractivity contribution < 1.29 is 9.53 Å². The minimum absolute atomic E-state index is 0.172. The van der Waals surface area contributed by atoms with E-state index in [9.17, 15) is 4.79 Å². The molecule has 1 aliphatic heterocycles. The molecule has 1 aromatic rings. The van der Waals surface area contributed by atoms with Gasteiger partial charge in [0.05, 0.1) is 6.42 Å². The Morgan fingerprint density at radius 3 is 3.00 bits per heavy atom. The standard InChI is InChI=1S/C11H10O2/c1-7(2)8-3-4-10-9(5-8)6-11(12)13-10/h3-5H,1,6H2,2H3. The number of hydrogen-bond acceptors (Lipinski definition) is 2. The molecule has 0 aliphatic carbocycles. The second kappa shape index (κ2) is 2.73. The molecule has 1 aromatic carbocycles. The van der Waals surface area contributed by atoms with Gasteiger partial charge in [0.2, 0.25) is 0 Å². The first-order valence-electron chi connectivity index (χ1n) is 4.16. The molecule has 1 heterocycles. The third kappa shape index (κ3) is 1.35. The molecule has 0 radical (unpaired) electrons. The lowest BCUT2D eigenvalue weighted by Gasteiger charge is -2.01. The van der Waals surface area contributed by atoms with Crippen molar-refractivity contribution in [1.82, 2.24) is 0 Å². The third-order valence-electron chi connectivity index (χ3n) is 2.11. The Bertz CT molecular complexity index is 391. The van der Waals surface area contributed by atoms with E-state index in [4.69, 9.17) is 4.74 Å². The quantitative estimate of drug-likeness (QED) is 0.482. The van der Waals surface area contributed by atoms with Crippen LogP contribution in [0.15, 0.2) is 24.8 Å². The van der Waals surface area contributed by atoms with Crippen LogP contribution in [0.1, 0.15) is 18.1 Å². The summed E-state index contributed by atoms with van der Waals surface area (Å²) in [7, 11) is 0. The van der Waals surface area contributed by atoms with Gasteiger partial charge in [-0.05, 0) is 24.6 Å². The number of ether oxygens (including phenoxy) is 1. The van der Waals surface area contributed by atoms with Gasteiger partial charge in [-0.3, -0.25) is 4.79 Å². The summed E-state index contributed by atoms with van der Waals surface area (Å²) in [5.41, 5.74) is 3.03. The summed E-state index contributed by atoms with van der Waals surface area (Å²) in [5, 5.41) is 0. The van der Waals surface area contributed by atoms with Crippen LogP contribution in [-0.2, 0) is 11.2 Å². The molecule has 2 rings (SSSR count). The molecule has 0 fully saturated rings. The normalized spacial score (nSPS) is 13.8. The lowest BCUT2D eigenvalue weighted by molar-refractivity contribution is -0.131. The van der Waals surface area contributed by atoms with Crippen molar-refractivity contribution in [3.05, 3.63) is 35.9 Å². The Morgan fingerprint density at radius 1 is 1.54 bits per heavy atom. The summed E-state index contributed by atoms with van der Waals surface area (Å²) in [5.74, 6) is 0.517. The minimum Gasteiger partial charge on any atom is -0.426 e.